The Labute approximate surface area is 189 Å². The van der Waals surface area contributed by atoms with Crippen molar-refractivity contribution in [2.24, 2.45) is 0 Å². The van der Waals surface area contributed by atoms with Gasteiger partial charge in [-0.2, -0.15) is 0 Å². The zero-order valence-electron chi connectivity index (χ0n) is 19.0. The normalized spacial score (nSPS) is 16.2. The third-order valence-electron chi connectivity index (χ3n) is 5.94. The van der Waals surface area contributed by atoms with Crippen LogP contribution in [0.5, 0.6) is 23.0 Å². The van der Waals surface area contributed by atoms with Gasteiger partial charge in [0, 0.05) is 57.0 Å². The van der Waals surface area contributed by atoms with Crippen LogP contribution in [0, 0.1) is 0 Å². The van der Waals surface area contributed by atoms with Crippen LogP contribution < -0.4 is 24.3 Å². The standard InChI is InChI=1S/C24H31N3O5/c1-29-21-13-19(14-22(30-2)24(21)31-3)25-23(28)16-27-9-7-26(8-10-27)15-17-4-5-20-18(12-17)6-11-32-20/h4-5,12-14H,6-11,15-16H2,1-3H3,(H,25,28). The molecule has 0 bridgehead atoms. The maximum Gasteiger partial charge on any atom is 0.238 e. The minimum atomic E-state index is -0.0636. The molecule has 8 nitrogen and oxygen atoms in total. The summed E-state index contributed by atoms with van der Waals surface area (Å²) in [5.74, 6) is 2.48. The lowest BCUT2D eigenvalue weighted by Gasteiger charge is -2.34. The molecule has 1 amide bonds. The topological polar surface area (TPSA) is 72.5 Å². The molecule has 0 unspecified atom stereocenters. The first kappa shape index (κ1) is 22.2. The van der Waals surface area contributed by atoms with Crippen molar-refractivity contribution in [3.63, 3.8) is 0 Å². The summed E-state index contributed by atoms with van der Waals surface area (Å²) in [4.78, 5) is 17.2. The zero-order chi connectivity index (χ0) is 22.5. The summed E-state index contributed by atoms with van der Waals surface area (Å²) in [5.41, 5.74) is 3.25. The summed E-state index contributed by atoms with van der Waals surface area (Å²) in [7, 11) is 4.66. The molecule has 2 aromatic rings. The van der Waals surface area contributed by atoms with Crippen LogP contribution in [0.1, 0.15) is 11.1 Å². The SMILES string of the molecule is COc1cc(NC(=O)CN2CCN(Cc3ccc4c(c3)CCO4)CC2)cc(OC)c1OC. The summed E-state index contributed by atoms with van der Waals surface area (Å²) >= 11 is 0. The second-order valence-electron chi connectivity index (χ2n) is 8.06. The van der Waals surface area contributed by atoms with E-state index < -0.39 is 0 Å². The van der Waals surface area contributed by atoms with E-state index in [2.05, 4.69) is 33.3 Å². The van der Waals surface area contributed by atoms with Gasteiger partial charge in [0.2, 0.25) is 11.7 Å². The van der Waals surface area contributed by atoms with Crippen molar-refractivity contribution in [1.82, 2.24) is 9.80 Å². The number of rotatable bonds is 8. The molecule has 2 heterocycles. The molecule has 1 saturated heterocycles. The first-order chi connectivity index (χ1) is 15.6. The third-order valence-corrected chi connectivity index (χ3v) is 5.94. The summed E-state index contributed by atoms with van der Waals surface area (Å²) in [6.07, 6.45) is 0.998. The van der Waals surface area contributed by atoms with Crippen LogP contribution in [0.3, 0.4) is 0 Å². The van der Waals surface area contributed by atoms with Gasteiger partial charge in [-0.3, -0.25) is 14.6 Å². The number of amides is 1. The molecule has 4 rings (SSSR count). The largest absolute Gasteiger partial charge is 0.493 e. The van der Waals surface area contributed by atoms with E-state index in [-0.39, 0.29) is 5.91 Å². The van der Waals surface area contributed by atoms with Gasteiger partial charge >= 0.3 is 0 Å². The average Bonchev–Trinajstić information content (AvgIpc) is 3.27. The Morgan fingerprint density at radius 3 is 2.31 bits per heavy atom. The molecule has 32 heavy (non-hydrogen) atoms. The van der Waals surface area contributed by atoms with E-state index in [0.717, 1.165) is 51.5 Å². The predicted octanol–water partition coefficient (Wildman–Crippen LogP) is 2.40. The summed E-state index contributed by atoms with van der Waals surface area (Å²) in [5, 5.41) is 2.94. The van der Waals surface area contributed by atoms with Crippen molar-refractivity contribution in [3.8, 4) is 23.0 Å². The van der Waals surface area contributed by atoms with E-state index in [1.54, 1.807) is 33.5 Å². The number of carbonyl (C=O) groups excluding carboxylic acids is 1. The summed E-state index contributed by atoms with van der Waals surface area (Å²) in [6, 6.07) is 9.97. The molecule has 2 aliphatic heterocycles. The van der Waals surface area contributed by atoms with Gasteiger partial charge in [-0.1, -0.05) is 12.1 Å². The molecule has 0 aromatic heterocycles. The monoisotopic (exact) mass is 441 g/mol. The van der Waals surface area contributed by atoms with Crippen LogP contribution in [0.15, 0.2) is 30.3 Å². The molecule has 2 aromatic carbocycles. The lowest BCUT2D eigenvalue weighted by molar-refractivity contribution is -0.117. The van der Waals surface area contributed by atoms with E-state index >= 15 is 0 Å². The van der Waals surface area contributed by atoms with Crippen LogP contribution in [0.2, 0.25) is 0 Å². The number of fused-ring (bicyclic) bond motifs is 1. The number of ether oxygens (including phenoxy) is 4. The van der Waals surface area contributed by atoms with Gasteiger partial charge in [0.1, 0.15) is 5.75 Å². The zero-order valence-corrected chi connectivity index (χ0v) is 19.0. The molecule has 0 atom stereocenters. The van der Waals surface area contributed by atoms with Crippen molar-refractivity contribution >= 4 is 11.6 Å². The molecular weight excluding hydrogens is 410 g/mol. The van der Waals surface area contributed by atoms with Gasteiger partial charge < -0.3 is 24.3 Å². The van der Waals surface area contributed by atoms with Crippen molar-refractivity contribution in [1.29, 1.82) is 0 Å². The van der Waals surface area contributed by atoms with Crippen LogP contribution in [-0.2, 0) is 17.8 Å². The van der Waals surface area contributed by atoms with Crippen LogP contribution >= 0.6 is 0 Å². The minimum Gasteiger partial charge on any atom is -0.493 e. The van der Waals surface area contributed by atoms with E-state index in [1.807, 2.05) is 0 Å². The quantitative estimate of drug-likeness (QED) is 0.674. The Balaban J connectivity index is 1.27. The van der Waals surface area contributed by atoms with Gasteiger partial charge in [0.25, 0.3) is 0 Å². The fraction of sp³-hybridized carbons (Fsp3) is 0.458. The maximum atomic E-state index is 12.6. The molecule has 1 N–H and O–H groups in total. The first-order valence-corrected chi connectivity index (χ1v) is 10.9. The molecular formula is C24H31N3O5. The Morgan fingerprint density at radius 1 is 0.969 bits per heavy atom. The number of piperazine rings is 1. The lowest BCUT2D eigenvalue weighted by atomic mass is 10.1. The molecule has 8 heteroatoms. The highest BCUT2D eigenvalue weighted by Gasteiger charge is 2.21. The number of nitrogens with one attached hydrogen (secondary N) is 1. The molecule has 1 fully saturated rings. The predicted molar refractivity (Wildman–Crippen MR) is 122 cm³/mol. The van der Waals surface area contributed by atoms with Gasteiger partial charge in [0.15, 0.2) is 11.5 Å². The smallest absolute Gasteiger partial charge is 0.238 e. The Hall–Kier alpha value is -2.97. The lowest BCUT2D eigenvalue weighted by Crippen LogP contribution is -2.48. The number of anilines is 1. The molecule has 0 spiro atoms. The van der Waals surface area contributed by atoms with Crippen molar-refractivity contribution < 1.29 is 23.7 Å². The van der Waals surface area contributed by atoms with Gasteiger partial charge in [0.05, 0.1) is 34.5 Å². The summed E-state index contributed by atoms with van der Waals surface area (Å²) in [6.45, 7) is 5.65. The van der Waals surface area contributed by atoms with Crippen LogP contribution in [0.25, 0.3) is 0 Å². The highest BCUT2D eigenvalue weighted by Crippen LogP contribution is 2.39. The van der Waals surface area contributed by atoms with Gasteiger partial charge in [-0.25, -0.2) is 0 Å². The number of carbonyl (C=O) groups is 1. The molecule has 0 aliphatic carbocycles. The van der Waals surface area contributed by atoms with Crippen molar-refractivity contribution in [3.05, 3.63) is 41.5 Å². The summed E-state index contributed by atoms with van der Waals surface area (Å²) < 4.78 is 21.6. The van der Waals surface area contributed by atoms with Gasteiger partial charge in [-0.15, -0.1) is 0 Å². The fourth-order valence-corrected chi connectivity index (χ4v) is 4.26. The highest BCUT2D eigenvalue weighted by molar-refractivity contribution is 5.93. The van der Waals surface area contributed by atoms with E-state index in [4.69, 9.17) is 18.9 Å². The fourth-order valence-electron chi connectivity index (χ4n) is 4.26. The molecule has 0 saturated carbocycles. The van der Waals surface area contributed by atoms with Crippen LogP contribution in [-0.4, -0.2) is 76.4 Å². The number of benzene rings is 2. The first-order valence-electron chi connectivity index (χ1n) is 10.9. The highest BCUT2D eigenvalue weighted by atomic mass is 16.5. The second kappa shape index (κ2) is 10.1. The molecule has 0 radical (unpaired) electrons. The van der Waals surface area contributed by atoms with E-state index in [1.165, 1.54) is 11.1 Å². The van der Waals surface area contributed by atoms with E-state index in [9.17, 15) is 4.79 Å². The second-order valence-corrected chi connectivity index (χ2v) is 8.06. The molecule has 172 valence electrons. The Kier molecular flexibility index (Phi) is 7.02. The van der Waals surface area contributed by atoms with Crippen molar-refractivity contribution in [2.45, 2.75) is 13.0 Å². The molecule has 2 aliphatic rings. The van der Waals surface area contributed by atoms with Crippen molar-refractivity contribution in [2.75, 3.05) is 66.0 Å². The maximum absolute atomic E-state index is 12.6. The van der Waals surface area contributed by atoms with E-state index in [0.29, 0.717) is 29.5 Å². The number of nitrogens with zero attached hydrogens (tertiary/aromatic N) is 2. The third kappa shape index (κ3) is 5.08. The minimum absolute atomic E-state index is 0.0636. The number of methoxy groups -OCH3 is 3. The number of hydrogen-bond acceptors (Lipinski definition) is 7. The Bertz CT molecular complexity index is 932. The van der Waals surface area contributed by atoms with Crippen LogP contribution in [0.4, 0.5) is 5.69 Å². The number of hydrogen-bond donors (Lipinski definition) is 1. The van der Waals surface area contributed by atoms with Gasteiger partial charge in [-0.05, 0) is 17.2 Å². The Morgan fingerprint density at radius 2 is 1.66 bits per heavy atom. The average molecular weight is 442 g/mol.